The Hall–Kier alpha value is -3.04. The number of primary sulfonamides is 1. The van der Waals surface area contributed by atoms with Gasteiger partial charge in [0.15, 0.2) is 5.65 Å². The van der Waals surface area contributed by atoms with E-state index in [0.717, 1.165) is 11.1 Å². The SMILES string of the molecule is CC(C)c1ccc(C2(S(N)(=O)=O)C=C(c3ccc4nc(N)nn4c3)C=NC2)cc1. The molecule has 9 heteroatoms. The maximum absolute atomic E-state index is 12.7. The average Bonchev–Trinajstić information content (AvgIpc) is 3.06. The van der Waals surface area contributed by atoms with Gasteiger partial charge in [-0.05, 0) is 40.8 Å². The third-order valence-electron chi connectivity index (χ3n) is 5.20. The Morgan fingerprint density at radius 1 is 1.14 bits per heavy atom. The topological polar surface area (TPSA) is 129 Å². The first kappa shape index (κ1) is 19.3. The van der Waals surface area contributed by atoms with E-state index in [4.69, 9.17) is 10.9 Å². The summed E-state index contributed by atoms with van der Waals surface area (Å²) in [5.41, 5.74) is 9.32. The Kier molecular flexibility index (Phi) is 4.51. The van der Waals surface area contributed by atoms with Gasteiger partial charge < -0.3 is 5.73 Å². The normalized spacial score (nSPS) is 19.7. The third kappa shape index (κ3) is 3.32. The van der Waals surface area contributed by atoms with Crippen molar-refractivity contribution in [3.05, 3.63) is 65.4 Å². The molecule has 1 aliphatic heterocycles. The van der Waals surface area contributed by atoms with Gasteiger partial charge in [-0.25, -0.2) is 18.1 Å². The number of pyridine rings is 1. The van der Waals surface area contributed by atoms with E-state index >= 15 is 0 Å². The van der Waals surface area contributed by atoms with Gasteiger partial charge in [0.25, 0.3) is 0 Å². The predicted molar refractivity (Wildman–Crippen MR) is 114 cm³/mol. The van der Waals surface area contributed by atoms with Crippen LogP contribution in [0.4, 0.5) is 5.95 Å². The summed E-state index contributed by atoms with van der Waals surface area (Å²) in [5, 5.41) is 9.83. The fourth-order valence-corrected chi connectivity index (χ4v) is 4.51. The number of sulfonamides is 1. The van der Waals surface area contributed by atoms with Crippen molar-refractivity contribution in [1.82, 2.24) is 14.6 Å². The molecule has 0 radical (unpaired) electrons. The number of allylic oxidation sites excluding steroid dienone is 1. The lowest BCUT2D eigenvalue weighted by Crippen LogP contribution is -2.43. The fourth-order valence-electron chi connectivity index (χ4n) is 3.50. The highest BCUT2D eigenvalue weighted by atomic mass is 32.2. The summed E-state index contributed by atoms with van der Waals surface area (Å²) in [4.78, 5) is 8.45. The van der Waals surface area contributed by atoms with Crippen molar-refractivity contribution in [2.75, 3.05) is 12.3 Å². The van der Waals surface area contributed by atoms with E-state index in [0.29, 0.717) is 22.7 Å². The summed E-state index contributed by atoms with van der Waals surface area (Å²) in [6.07, 6.45) is 5.05. The van der Waals surface area contributed by atoms with E-state index in [-0.39, 0.29) is 12.5 Å². The van der Waals surface area contributed by atoms with Crippen LogP contribution >= 0.6 is 0 Å². The molecular weight excluding hydrogens is 388 g/mol. The standard InChI is InChI=1S/C20H22N6O2S/c1-13(2)14-3-6-17(7-4-14)20(29(22,27)28)9-16(10-23-12-20)15-5-8-18-24-19(21)25-26(18)11-15/h3-11,13H,12H2,1-2H3,(H2,21,25)(H2,22,27,28). The predicted octanol–water partition coefficient (Wildman–Crippen LogP) is 2.09. The highest BCUT2D eigenvalue weighted by Gasteiger charge is 2.43. The molecule has 4 N–H and O–H groups in total. The Morgan fingerprint density at radius 2 is 1.86 bits per heavy atom. The van der Waals surface area contributed by atoms with E-state index in [1.807, 2.05) is 30.3 Å². The van der Waals surface area contributed by atoms with Gasteiger partial charge >= 0.3 is 0 Å². The van der Waals surface area contributed by atoms with Crippen molar-refractivity contribution < 1.29 is 8.42 Å². The summed E-state index contributed by atoms with van der Waals surface area (Å²) in [6.45, 7) is 4.19. The molecule has 8 nitrogen and oxygen atoms in total. The average molecular weight is 411 g/mol. The van der Waals surface area contributed by atoms with E-state index in [9.17, 15) is 8.42 Å². The van der Waals surface area contributed by atoms with Crippen molar-refractivity contribution in [1.29, 1.82) is 0 Å². The minimum absolute atomic E-state index is 0.0227. The molecule has 1 unspecified atom stereocenters. The van der Waals surface area contributed by atoms with Crippen LogP contribution in [0.25, 0.3) is 11.2 Å². The molecular formula is C20H22N6O2S. The zero-order valence-corrected chi connectivity index (χ0v) is 17.0. The van der Waals surface area contributed by atoms with Crippen LogP contribution in [0.3, 0.4) is 0 Å². The van der Waals surface area contributed by atoms with Crippen LogP contribution < -0.4 is 10.9 Å². The molecule has 29 heavy (non-hydrogen) atoms. The minimum atomic E-state index is -4.00. The van der Waals surface area contributed by atoms with Gasteiger partial charge in [0.05, 0.1) is 6.54 Å². The highest BCUT2D eigenvalue weighted by Crippen LogP contribution is 2.36. The molecule has 0 bridgehead atoms. The number of dihydropyridines is 1. The number of hydrogen-bond donors (Lipinski definition) is 2. The Labute approximate surface area is 169 Å². The number of rotatable bonds is 4. The van der Waals surface area contributed by atoms with Crippen LogP contribution in [0.5, 0.6) is 0 Å². The second kappa shape index (κ2) is 6.78. The molecule has 1 aromatic carbocycles. The number of benzene rings is 1. The summed E-state index contributed by atoms with van der Waals surface area (Å²) in [7, 11) is -4.00. The van der Waals surface area contributed by atoms with Crippen LogP contribution in [0.1, 0.15) is 36.5 Å². The van der Waals surface area contributed by atoms with Crippen molar-refractivity contribution in [2.45, 2.75) is 24.5 Å². The number of nitrogen functional groups attached to an aromatic ring is 1. The van der Waals surface area contributed by atoms with Gasteiger partial charge in [-0.3, -0.25) is 4.99 Å². The molecule has 0 fully saturated rings. The quantitative estimate of drug-likeness (QED) is 0.680. The fraction of sp³-hybridized carbons (Fsp3) is 0.250. The lowest BCUT2D eigenvalue weighted by molar-refractivity contribution is 0.561. The molecule has 3 heterocycles. The van der Waals surface area contributed by atoms with Crippen molar-refractivity contribution in [2.24, 2.45) is 10.1 Å². The van der Waals surface area contributed by atoms with Crippen LogP contribution in [0.15, 0.2) is 53.7 Å². The molecule has 0 saturated carbocycles. The number of anilines is 1. The molecule has 0 saturated heterocycles. The van der Waals surface area contributed by atoms with Gasteiger partial charge in [0.1, 0.15) is 4.75 Å². The lowest BCUT2D eigenvalue weighted by atomic mass is 9.90. The van der Waals surface area contributed by atoms with Crippen molar-refractivity contribution in [3.63, 3.8) is 0 Å². The van der Waals surface area contributed by atoms with E-state index in [2.05, 4.69) is 28.9 Å². The van der Waals surface area contributed by atoms with Crippen molar-refractivity contribution in [3.8, 4) is 0 Å². The molecule has 1 atom stereocenters. The molecule has 0 aliphatic carbocycles. The largest absolute Gasteiger partial charge is 0.366 e. The number of nitrogens with two attached hydrogens (primary N) is 2. The minimum Gasteiger partial charge on any atom is -0.366 e. The van der Waals surface area contributed by atoms with Crippen molar-refractivity contribution >= 4 is 33.4 Å². The zero-order valence-electron chi connectivity index (χ0n) is 16.1. The maximum Gasteiger partial charge on any atom is 0.240 e. The molecule has 3 aromatic rings. The summed E-state index contributed by atoms with van der Waals surface area (Å²) in [5.74, 6) is 0.504. The number of nitrogens with zero attached hydrogens (tertiary/aromatic N) is 4. The van der Waals surface area contributed by atoms with E-state index in [1.54, 1.807) is 29.1 Å². The second-order valence-corrected chi connectivity index (χ2v) is 9.29. The first-order valence-corrected chi connectivity index (χ1v) is 10.7. The zero-order chi connectivity index (χ0) is 20.8. The first-order chi connectivity index (χ1) is 13.7. The van der Waals surface area contributed by atoms with Crippen LogP contribution in [-0.4, -0.2) is 35.8 Å². The van der Waals surface area contributed by atoms with Gasteiger partial charge in [0, 0.05) is 18.0 Å². The Morgan fingerprint density at radius 3 is 2.52 bits per heavy atom. The van der Waals surface area contributed by atoms with E-state index < -0.39 is 14.8 Å². The number of fused-ring (bicyclic) bond motifs is 1. The summed E-state index contributed by atoms with van der Waals surface area (Å²) in [6, 6.07) is 11.1. The molecule has 4 rings (SSSR count). The summed E-state index contributed by atoms with van der Waals surface area (Å²) < 4.78 is 25.6. The van der Waals surface area contributed by atoms with Crippen LogP contribution in [-0.2, 0) is 14.8 Å². The van der Waals surface area contributed by atoms with Crippen LogP contribution in [0, 0.1) is 0 Å². The molecule has 0 spiro atoms. The first-order valence-electron chi connectivity index (χ1n) is 9.17. The lowest BCUT2D eigenvalue weighted by Gasteiger charge is -2.30. The second-order valence-electron chi connectivity index (χ2n) is 7.47. The van der Waals surface area contributed by atoms with E-state index in [1.165, 1.54) is 0 Å². The number of aliphatic imine (C=N–C) groups is 1. The van der Waals surface area contributed by atoms with Gasteiger partial charge in [-0.15, -0.1) is 5.10 Å². The van der Waals surface area contributed by atoms with Gasteiger partial charge in [-0.2, -0.15) is 4.98 Å². The third-order valence-corrected chi connectivity index (χ3v) is 6.70. The number of hydrogen-bond acceptors (Lipinski definition) is 6. The van der Waals surface area contributed by atoms with Gasteiger partial charge in [0.2, 0.25) is 16.0 Å². The highest BCUT2D eigenvalue weighted by molar-refractivity contribution is 7.90. The summed E-state index contributed by atoms with van der Waals surface area (Å²) >= 11 is 0. The molecule has 1 aliphatic rings. The molecule has 0 amide bonds. The monoisotopic (exact) mass is 410 g/mol. The Balaban J connectivity index is 1.85. The van der Waals surface area contributed by atoms with Gasteiger partial charge in [-0.1, -0.05) is 38.1 Å². The molecule has 150 valence electrons. The number of aromatic nitrogens is 3. The van der Waals surface area contributed by atoms with Crippen LogP contribution in [0.2, 0.25) is 0 Å². The smallest absolute Gasteiger partial charge is 0.240 e. The molecule has 2 aromatic heterocycles. The maximum atomic E-state index is 12.7. The Bertz CT molecular complexity index is 1240.